The minimum atomic E-state index is -0.346. The van der Waals surface area contributed by atoms with Gasteiger partial charge in [-0.3, -0.25) is 5.32 Å². The zero-order valence-electron chi connectivity index (χ0n) is 7.58. The van der Waals surface area contributed by atoms with Crippen molar-refractivity contribution in [3.63, 3.8) is 0 Å². The van der Waals surface area contributed by atoms with Gasteiger partial charge < -0.3 is 10.1 Å². The first-order valence-electron chi connectivity index (χ1n) is 3.87. The Balaban J connectivity index is 2.44. The summed E-state index contributed by atoms with van der Waals surface area (Å²) in [4.78, 5) is 15.1. The maximum absolute atomic E-state index is 11.1. The number of ether oxygens (including phenoxy) is 1. The average molecular weight is 260 g/mol. The molecule has 0 spiro atoms. The van der Waals surface area contributed by atoms with Gasteiger partial charge in [-0.1, -0.05) is 0 Å². The van der Waals surface area contributed by atoms with Gasteiger partial charge in [0.2, 0.25) is 0 Å². The summed E-state index contributed by atoms with van der Waals surface area (Å²) in [6.45, 7) is 0.169. The maximum Gasteiger partial charge on any atom is 0.322 e. The highest BCUT2D eigenvalue weighted by Gasteiger charge is 2.00. The third kappa shape index (κ3) is 3.71. The molecular weight excluding hydrogens is 250 g/mol. The fraction of sp³-hybridized carbons (Fsp3) is 0.250. The van der Waals surface area contributed by atoms with E-state index < -0.39 is 0 Å². The molecule has 5 nitrogen and oxygen atoms in total. The number of halogens is 1. The van der Waals surface area contributed by atoms with E-state index in [9.17, 15) is 4.79 Å². The van der Waals surface area contributed by atoms with Crippen LogP contribution in [0.4, 0.5) is 10.6 Å². The summed E-state index contributed by atoms with van der Waals surface area (Å²) in [6, 6.07) is 3.14. The molecule has 0 atom stereocenters. The molecule has 0 aliphatic heterocycles. The van der Waals surface area contributed by atoms with Gasteiger partial charge in [-0.15, -0.1) is 0 Å². The lowest BCUT2D eigenvalue weighted by Crippen LogP contribution is -2.30. The summed E-state index contributed by atoms with van der Waals surface area (Å²) in [5.74, 6) is 0.488. The predicted molar refractivity (Wildman–Crippen MR) is 56.0 cm³/mol. The van der Waals surface area contributed by atoms with Crippen molar-refractivity contribution in [3.05, 3.63) is 22.8 Å². The summed E-state index contributed by atoms with van der Waals surface area (Å²) < 4.78 is 5.53. The first kappa shape index (κ1) is 10.9. The fourth-order valence-corrected chi connectivity index (χ4v) is 0.983. The lowest BCUT2D eigenvalue weighted by Gasteiger charge is -2.05. The van der Waals surface area contributed by atoms with E-state index in [0.29, 0.717) is 5.82 Å². The van der Waals surface area contributed by atoms with Crippen molar-refractivity contribution in [2.45, 2.75) is 0 Å². The Kier molecular flexibility index (Phi) is 4.34. The molecule has 14 heavy (non-hydrogen) atoms. The quantitative estimate of drug-likeness (QED) is 0.811. The number of amides is 2. The van der Waals surface area contributed by atoms with Gasteiger partial charge in [0.15, 0.2) is 0 Å². The molecule has 0 bridgehead atoms. The number of anilines is 1. The number of hydrogen-bond acceptors (Lipinski definition) is 3. The largest absolute Gasteiger partial charge is 0.364 e. The molecular formula is C8H10BrN3O2. The van der Waals surface area contributed by atoms with Gasteiger partial charge in [-0.2, -0.15) is 0 Å². The topological polar surface area (TPSA) is 63.2 Å². The van der Waals surface area contributed by atoms with Crippen LogP contribution in [0.1, 0.15) is 0 Å². The Morgan fingerprint density at radius 3 is 3.00 bits per heavy atom. The van der Waals surface area contributed by atoms with E-state index in [1.807, 2.05) is 0 Å². The molecule has 1 aromatic rings. The number of hydrogen-bond donors (Lipinski definition) is 2. The Bertz CT molecular complexity index is 302. The van der Waals surface area contributed by atoms with Crippen LogP contribution < -0.4 is 10.6 Å². The molecule has 2 amide bonds. The number of aromatic nitrogens is 1. The van der Waals surface area contributed by atoms with Gasteiger partial charge in [-0.05, 0) is 28.1 Å². The summed E-state index contributed by atoms with van der Waals surface area (Å²) in [7, 11) is 1.50. The van der Waals surface area contributed by atoms with E-state index in [-0.39, 0.29) is 12.8 Å². The number of carbonyl (C=O) groups excluding carboxylic acids is 1. The van der Waals surface area contributed by atoms with Crippen molar-refractivity contribution in [1.82, 2.24) is 10.3 Å². The second kappa shape index (κ2) is 5.56. The third-order valence-electron chi connectivity index (χ3n) is 1.35. The van der Waals surface area contributed by atoms with Crippen molar-refractivity contribution in [3.8, 4) is 0 Å². The van der Waals surface area contributed by atoms with Crippen LogP contribution in [0, 0.1) is 0 Å². The van der Waals surface area contributed by atoms with Crippen LogP contribution in [0.2, 0.25) is 0 Å². The SMILES string of the molecule is COCNC(=O)Nc1ccc(Br)cn1. The number of pyridine rings is 1. The number of nitrogens with one attached hydrogen (secondary N) is 2. The molecule has 0 saturated carbocycles. The van der Waals surface area contributed by atoms with E-state index in [1.54, 1.807) is 18.3 Å². The van der Waals surface area contributed by atoms with E-state index in [0.717, 1.165) is 4.47 Å². The molecule has 0 radical (unpaired) electrons. The highest BCUT2D eigenvalue weighted by atomic mass is 79.9. The molecule has 0 unspecified atom stereocenters. The summed E-state index contributed by atoms with van der Waals surface area (Å²) >= 11 is 3.24. The molecule has 2 N–H and O–H groups in total. The van der Waals surface area contributed by atoms with E-state index in [4.69, 9.17) is 0 Å². The molecule has 0 aliphatic carbocycles. The van der Waals surface area contributed by atoms with Crippen LogP contribution in [0.25, 0.3) is 0 Å². The Morgan fingerprint density at radius 1 is 1.64 bits per heavy atom. The van der Waals surface area contributed by atoms with Crippen LogP contribution in [-0.4, -0.2) is 24.9 Å². The summed E-state index contributed by atoms with van der Waals surface area (Å²) in [5, 5.41) is 5.01. The predicted octanol–water partition coefficient (Wildman–Crippen LogP) is 1.57. The Hall–Kier alpha value is -1.14. The molecule has 0 fully saturated rings. The number of rotatable bonds is 3. The molecule has 0 aliphatic rings. The first-order chi connectivity index (χ1) is 6.72. The van der Waals surface area contributed by atoms with Gasteiger partial charge in [0.25, 0.3) is 0 Å². The molecule has 0 aromatic carbocycles. The third-order valence-corrected chi connectivity index (χ3v) is 1.82. The number of methoxy groups -OCH3 is 1. The highest BCUT2D eigenvalue weighted by molar-refractivity contribution is 9.10. The van der Waals surface area contributed by atoms with Gasteiger partial charge in [0.05, 0.1) is 0 Å². The second-order valence-corrected chi connectivity index (χ2v) is 3.34. The van der Waals surface area contributed by atoms with Gasteiger partial charge in [0.1, 0.15) is 12.5 Å². The highest BCUT2D eigenvalue weighted by Crippen LogP contribution is 2.09. The van der Waals surface area contributed by atoms with Gasteiger partial charge >= 0.3 is 6.03 Å². The maximum atomic E-state index is 11.1. The smallest absolute Gasteiger partial charge is 0.322 e. The molecule has 6 heteroatoms. The van der Waals surface area contributed by atoms with Crippen LogP contribution >= 0.6 is 15.9 Å². The van der Waals surface area contributed by atoms with Crippen LogP contribution in [0.15, 0.2) is 22.8 Å². The number of nitrogens with zero attached hydrogens (tertiary/aromatic N) is 1. The second-order valence-electron chi connectivity index (χ2n) is 2.43. The van der Waals surface area contributed by atoms with Crippen LogP contribution in [-0.2, 0) is 4.74 Å². The average Bonchev–Trinajstić information content (AvgIpc) is 2.18. The lowest BCUT2D eigenvalue weighted by molar-refractivity contribution is 0.177. The minimum Gasteiger partial charge on any atom is -0.364 e. The van der Waals surface area contributed by atoms with E-state index in [1.165, 1.54) is 7.11 Å². The van der Waals surface area contributed by atoms with E-state index >= 15 is 0 Å². The molecule has 1 heterocycles. The normalized spacial score (nSPS) is 9.57. The van der Waals surface area contributed by atoms with Crippen LogP contribution in [0.3, 0.4) is 0 Å². The number of carbonyl (C=O) groups is 1. The van der Waals surface area contributed by atoms with Crippen molar-refractivity contribution in [1.29, 1.82) is 0 Å². The summed E-state index contributed by atoms with van der Waals surface area (Å²) in [6.07, 6.45) is 1.60. The van der Waals surface area contributed by atoms with Crippen molar-refractivity contribution in [2.75, 3.05) is 19.2 Å². The Labute approximate surface area is 90.0 Å². The fourth-order valence-electron chi connectivity index (χ4n) is 0.748. The first-order valence-corrected chi connectivity index (χ1v) is 4.67. The zero-order valence-corrected chi connectivity index (χ0v) is 9.17. The monoisotopic (exact) mass is 259 g/mol. The minimum absolute atomic E-state index is 0.169. The van der Waals surface area contributed by atoms with Crippen molar-refractivity contribution < 1.29 is 9.53 Å². The molecule has 0 saturated heterocycles. The van der Waals surface area contributed by atoms with Crippen molar-refractivity contribution >= 4 is 27.8 Å². The Morgan fingerprint density at radius 2 is 2.43 bits per heavy atom. The molecule has 1 aromatic heterocycles. The summed E-state index contributed by atoms with van der Waals surface area (Å²) in [5.41, 5.74) is 0. The van der Waals surface area contributed by atoms with Gasteiger partial charge in [0, 0.05) is 17.8 Å². The van der Waals surface area contributed by atoms with Crippen LogP contribution in [0.5, 0.6) is 0 Å². The van der Waals surface area contributed by atoms with Gasteiger partial charge in [-0.25, -0.2) is 9.78 Å². The number of urea groups is 1. The molecule has 76 valence electrons. The van der Waals surface area contributed by atoms with E-state index in [2.05, 4.69) is 36.3 Å². The lowest BCUT2D eigenvalue weighted by atomic mass is 10.5. The van der Waals surface area contributed by atoms with Crippen molar-refractivity contribution in [2.24, 2.45) is 0 Å². The molecule has 1 rings (SSSR count). The standard InChI is InChI=1S/C8H10BrN3O2/c1-14-5-11-8(13)12-7-3-2-6(9)4-10-7/h2-4H,5H2,1H3,(H2,10,11,12,13). The zero-order chi connectivity index (χ0) is 10.4.